The lowest BCUT2D eigenvalue weighted by Gasteiger charge is -2.58. The largest absolute Gasteiger partial charge is 0.103 e. The molecule has 2 aliphatic rings. The molecule has 0 radical (unpaired) electrons. The quantitative estimate of drug-likeness (QED) is 0.0993. The lowest BCUT2D eigenvalue weighted by molar-refractivity contribution is -0.0820. The number of hydrogen-bond donors (Lipinski definition) is 0. The molecular formula is C50H88. The third kappa shape index (κ3) is 13.4. The molecule has 0 atom stereocenters. The van der Waals surface area contributed by atoms with E-state index in [1.807, 2.05) is 0 Å². The molecule has 0 heterocycles. The number of hydrogen-bond acceptors (Lipinski definition) is 0. The maximum absolute atomic E-state index is 3.97. The average Bonchev–Trinajstić information content (AvgIpc) is 3.05. The monoisotopic (exact) mass is 689 g/mol. The molecule has 0 heteroatoms. The summed E-state index contributed by atoms with van der Waals surface area (Å²) in [5.41, 5.74) is 2.33. The van der Waals surface area contributed by atoms with E-state index in [1.165, 1.54) is 128 Å². The van der Waals surface area contributed by atoms with Gasteiger partial charge in [0.15, 0.2) is 0 Å². The highest BCUT2D eigenvalue weighted by Crippen LogP contribution is 2.63. The Labute approximate surface area is 315 Å². The van der Waals surface area contributed by atoms with Crippen LogP contribution in [0.2, 0.25) is 0 Å². The second-order valence-electron chi connectivity index (χ2n) is 18.9. The highest BCUT2D eigenvalue weighted by molar-refractivity contribution is 5.05. The maximum atomic E-state index is 3.97. The third-order valence-corrected chi connectivity index (χ3v) is 14.3. The van der Waals surface area contributed by atoms with Gasteiger partial charge in [-0.15, -0.1) is 26.3 Å². The van der Waals surface area contributed by atoms with Gasteiger partial charge < -0.3 is 0 Å². The Morgan fingerprint density at radius 3 is 1.04 bits per heavy atom. The molecule has 0 aromatic rings. The molecule has 1 spiro atoms. The fraction of sp³-hybridized carbons (Fsp3) is 0.760. The minimum atomic E-state index is 0.302. The average molecular weight is 689 g/mol. The predicted molar refractivity (Wildman–Crippen MR) is 230 cm³/mol. The summed E-state index contributed by atoms with van der Waals surface area (Å²) in [5.74, 6) is 0. The number of allylic oxidation sites excluding steroid dienone is 8. The van der Waals surface area contributed by atoms with E-state index in [4.69, 9.17) is 0 Å². The van der Waals surface area contributed by atoms with E-state index in [0.717, 1.165) is 25.7 Å². The molecule has 0 saturated heterocycles. The van der Waals surface area contributed by atoms with Crippen molar-refractivity contribution in [2.75, 3.05) is 0 Å². The van der Waals surface area contributed by atoms with Crippen molar-refractivity contribution in [2.24, 2.45) is 32.5 Å². The van der Waals surface area contributed by atoms with Gasteiger partial charge >= 0.3 is 0 Å². The van der Waals surface area contributed by atoms with Gasteiger partial charge in [-0.05, 0) is 187 Å². The normalized spacial score (nSPS) is 21.8. The summed E-state index contributed by atoms with van der Waals surface area (Å²) in [7, 11) is 0. The molecule has 0 nitrogen and oxygen atoms in total. The van der Waals surface area contributed by atoms with Crippen molar-refractivity contribution in [1.29, 1.82) is 0 Å². The van der Waals surface area contributed by atoms with Crippen LogP contribution in [-0.4, -0.2) is 0 Å². The molecular weight excluding hydrogens is 601 g/mol. The SMILES string of the molecule is C=CCCCC(C)(C)C(CCCC=C)(CCCC=C)C(C)(C)CCCC=C.CC1(C)CCCC=CCCCC12CCCC=CCCCC2(C)C. The zero-order valence-electron chi connectivity index (χ0n) is 35.4. The Morgan fingerprint density at radius 1 is 0.460 bits per heavy atom. The lowest BCUT2D eigenvalue weighted by Crippen LogP contribution is -2.49. The van der Waals surface area contributed by atoms with E-state index in [2.05, 4.69) is 130 Å². The number of unbranched alkanes of at least 4 members (excludes halogenated alkanes) is 4. The predicted octanol–water partition coefficient (Wildman–Crippen LogP) is 17.3. The zero-order valence-corrected chi connectivity index (χ0v) is 35.4. The molecule has 2 rings (SSSR count). The van der Waals surface area contributed by atoms with Gasteiger partial charge in [-0.3, -0.25) is 0 Å². The fourth-order valence-corrected chi connectivity index (χ4v) is 11.1. The van der Waals surface area contributed by atoms with Crippen LogP contribution in [0.25, 0.3) is 0 Å². The van der Waals surface area contributed by atoms with E-state index in [0.29, 0.717) is 32.5 Å². The molecule has 0 aromatic heterocycles. The van der Waals surface area contributed by atoms with E-state index in [-0.39, 0.29) is 0 Å². The van der Waals surface area contributed by atoms with Crippen LogP contribution in [0.15, 0.2) is 74.9 Å². The zero-order chi connectivity index (χ0) is 37.6. The highest BCUT2D eigenvalue weighted by atomic mass is 14.6. The summed E-state index contributed by atoms with van der Waals surface area (Å²) in [4.78, 5) is 0. The first-order chi connectivity index (χ1) is 23.7. The Hall–Kier alpha value is -1.56. The van der Waals surface area contributed by atoms with Crippen LogP contribution < -0.4 is 0 Å². The second-order valence-corrected chi connectivity index (χ2v) is 18.9. The Kier molecular flexibility index (Phi) is 21.5. The topological polar surface area (TPSA) is 0 Å². The second kappa shape index (κ2) is 23.2. The molecule has 50 heavy (non-hydrogen) atoms. The molecule has 0 amide bonds. The first kappa shape index (κ1) is 46.5. The summed E-state index contributed by atoms with van der Waals surface area (Å²) in [6.07, 6.45) is 48.8. The van der Waals surface area contributed by atoms with Crippen LogP contribution in [0, 0.1) is 32.5 Å². The van der Waals surface area contributed by atoms with Crippen LogP contribution in [0.3, 0.4) is 0 Å². The van der Waals surface area contributed by atoms with Crippen molar-refractivity contribution in [1.82, 2.24) is 0 Å². The minimum Gasteiger partial charge on any atom is -0.103 e. The van der Waals surface area contributed by atoms with Crippen LogP contribution in [0.4, 0.5) is 0 Å². The van der Waals surface area contributed by atoms with E-state index >= 15 is 0 Å². The Morgan fingerprint density at radius 2 is 0.740 bits per heavy atom. The van der Waals surface area contributed by atoms with Crippen molar-refractivity contribution in [2.45, 2.75) is 209 Å². The van der Waals surface area contributed by atoms with Gasteiger partial charge in [0.25, 0.3) is 0 Å². The van der Waals surface area contributed by atoms with Gasteiger partial charge in [-0.25, -0.2) is 0 Å². The Balaban J connectivity index is 0.000000505. The van der Waals surface area contributed by atoms with Gasteiger partial charge in [0, 0.05) is 0 Å². The molecule has 0 aliphatic heterocycles. The van der Waals surface area contributed by atoms with Crippen LogP contribution >= 0.6 is 0 Å². The van der Waals surface area contributed by atoms with E-state index < -0.39 is 0 Å². The molecule has 0 saturated carbocycles. The van der Waals surface area contributed by atoms with Crippen LogP contribution in [-0.2, 0) is 0 Å². The molecule has 0 fully saturated rings. The van der Waals surface area contributed by atoms with E-state index in [1.54, 1.807) is 0 Å². The first-order valence-corrected chi connectivity index (χ1v) is 21.4. The molecule has 0 aromatic carbocycles. The van der Waals surface area contributed by atoms with Crippen LogP contribution in [0.1, 0.15) is 209 Å². The maximum Gasteiger partial charge on any atom is -0.0195 e. The minimum absolute atomic E-state index is 0.302. The molecule has 0 bridgehead atoms. The molecule has 2 aliphatic carbocycles. The van der Waals surface area contributed by atoms with E-state index in [9.17, 15) is 0 Å². The standard InChI is InChI=1S/C27H48.C23H40/c1-9-13-17-21-25(5,6)27(23-19-15-11-3,24-20-16-12-4)26(7,8)22-18-14-10-2;1-21(2)17-13-9-5-7-11-15-19-23(21)20-16-12-8-6-10-14-18-22(23,3)4/h9-12H,1-4,13-24H2,5-8H3;5-8H,9-20H2,1-4H3. The summed E-state index contributed by atoms with van der Waals surface area (Å²) in [6, 6.07) is 0. The first-order valence-electron chi connectivity index (χ1n) is 21.4. The molecule has 0 N–H and O–H groups in total. The molecule has 288 valence electrons. The van der Waals surface area contributed by atoms with Gasteiger partial charge in [0.2, 0.25) is 0 Å². The summed E-state index contributed by atoms with van der Waals surface area (Å²) < 4.78 is 0. The van der Waals surface area contributed by atoms with Crippen molar-refractivity contribution >= 4 is 0 Å². The molecule has 0 unspecified atom stereocenters. The highest BCUT2D eigenvalue weighted by Gasteiger charge is 2.53. The van der Waals surface area contributed by atoms with Gasteiger partial charge in [-0.1, -0.05) is 104 Å². The summed E-state index contributed by atoms with van der Waals surface area (Å²) >= 11 is 0. The lowest BCUT2D eigenvalue weighted by atomic mass is 9.47. The van der Waals surface area contributed by atoms with Gasteiger partial charge in [0.05, 0.1) is 0 Å². The van der Waals surface area contributed by atoms with Crippen molar-refractivity contribution < 1.29 is 0 Å². The summed E-state index contributed by atoms with van der Waals surface area (Å²) in [5, 5.41) is 0. The number of rotatable bonds is 18. The van der Waals surface area contributed by atoms with Crippen molar-refractivity contribution in [3.8, 4) is 0 Å². The van der Waals surface area contributed by atoms with Crippen LogP contribution in [0.5, 0.6) is 0 Å². The summed E-state index contributed by atoms with van der Waals surface area (Å²) in [6.45, 7) is 36.3. The fourth-order valence-electron chi connectivity index (χ4n) is 11.1. The third-order valence-electron chi connectivity index (χ3n) is 14.3. The van der Waals surface area contributed by atoms with Crippen molar-refractivity contribution in [3.63, 3.8) is 0 Å². The van der Waals surface area contributed by atoms with Gasteiger partial charge in [0.1, 0.15) is 0 Å². The van der Waals surface area contributed by atoms with Gasteiger partial charge in [-0.2, -0.15) is 0 Å². The smallest absolute Gasteiger partial charge is 0.0195 e. The van der Waals surface area contributed by atoms with Crippen molar-refractivity contribution in [3.05, 3.63) is 74.9 Å². The Bertz CT molecular complexity index is 925.